The van der Waals surface area contributed by atoms with Gasteiger partial charge < -0.3 is 0 Å². The van der Waals surface area contributed by atoms with Gasteiger partial charge >= 0.3 is 106 Å². The Morgan fingerprint density at radius 3 is 2.40 bits per heavy atom. The number of esters is 1. The molecule has 3 atom stereocenters. The van der Waals surface area contributed by atoms with E-state index in [0.29, 0.717) is 0 Å². The molecule has 1 aromatic rings. The summed E-state index contributed by atoms with van der Waals surface area (Å²) in [4.78, 5) is 11.5. The summed E-state index contributed by atoms with van der Waals surface area (Å²) in [6.45, 7) is 1.89. The van der Waals surface area contributed by atoms with Gasteiger partial charge in [0.2, 0.25) is 0 Å². The number of cyclic esters (lactones) is 1. The van der Waals surface area contributed by atoms with Crippen molar-refractivity contribution in [3.05, 3.63) is 34.3 Å². The predicted molar refractivity (Wildman–Crippen MR) is 61.6 cm³/mol. The van der Waals surface area contributed by atoms with E-state index in [0.717, 1.165) is 10.0 Å². The number of benzene rings is 1. The van der Waals surface area contributed by atoms with Crippen LogP contribution in [0.4, 0.5) is 0 Å². The van der Waals surface area contributed by atoms with Gasteiger partial charge in [-0.3, -0.25) is 0 Å². The van der Waals surface area contributed by atoms with Gasteiger partial charge in [-0.1, -0.05) is 0 Å². The third-order valence-electron chi connectivity index (χ3n) is 2.60. The molecule has 0 amide bonds. The first kappa shape index (κ1) is 11.2. The Morgan fingerprint density at radius 1 is 1.33 bits per heavy atom. The van der Waals surface area contributed by atoms with Crippen molar-refractivity contribution in [2.75, 3.05) is 0 Å². The zero-order chi connectivity index (χ0) is 11.0. The molecule has 1 radical (unpaired) electrons. The van der Waals surface area contributed by atoms with E-state index in [1.54, 1.807) is 0 Å². The summed E-state index contributed by atoms with van der Waals surface area (Å²) in [5, 5.41) is 0. The Morgan fingerprint density at radius 2 is 1.93 bits per heavy atom. The summed E-state index contributed by atoms with van der Waals surface area (Å²) in [7, 11) is 0. The fraction of sp³-hybridized carbons (Fsp3) is 0.364. The molecule has 4 heteroatoms. The monoisotopic (exact) mass is 333 g/mol. The first-order valence-electron chi connectivity index (χ1n) is 4.71. The van der Waals surface area contributed by atoms with Crippen LogP contribution in [0.2, 0.25) is 4.82 Å². The molecule has 0 aliphatic carbocycles. The maximum atomic E-state index is 11.4. The van der Waals surface area contributed by atoms with E-state index in [9.17, 15) is 4.79 Å². The molecule has 2 rings (SSSR count). The minimum absolute atomic E-state index is 0.0568. The third kappa shape index (κ3) is 2.12. The second-order valence-electron chi connectivity index (χ2n) is 3.66. The van der Waals surface area contributed by atoms with E-state index in [1.165, 1.54) is 0 Å². The standard InChI is InChI=1S/C11H10BrO2Se/c1-6-10(15)9(14-11(6)13)7-2-4-8(12)5-3-7/h2-6,9-10H,1H3. The number of halogens is 1. The van der Waals surface area contributed by atoms with Crippen molar-refractivity contribution >= 4 is 37.9 Å². The van der Waals surface area contributed by atoms with Crippen LogP contribution in [0.15, 0.2) is 28.7 Å². The molecule has 2 nitrogen and oxygen atoms in total. The van der Waals surface area contributed by atoms with Gasteiger partial charge in [0.05, 0.1) is 0 Å². The molecule has 0 saturated carbocycles. The van der Waals surface area contributed by atoms with Crippen LogP contribution in [0.5, 0.6) is 0 Å². The first-order valence-corrected chi connectivity index (χ1v) is 6.49. The third-order valence-corrected chi connectivity index (χ3v) is 4.51. The van der Waals surface area contributed by atoms with Crippen molar-refractivity contribution in [3.8, 4) is 0 Å². The summed E-state index contributed by atoms with van der Waals surface area (Å²) in [5.74, 6) is -0.176. The van der Waals surface area contributed by atoms with Gasteiger partial charge in [-0.2, -0.15) is 0 Å². The number of hydrogen-bond donors (Lipinski definition) is 0. The second-order valence-corrected chi connectivity index (χ2v) is 5.72. The van der Waals surface area contributed by atoms with Crippen LogP contribution in [-0.4, -0.2) is 22.0 Å². The van der Waals surface area contributed by atoms with Gasteiger partial charge in [0.25, 0.3) is 0 Å². The van der Waals surface area contributed by atoms with Crippen LogP contribution < -0.4 is 0 Å². The zero-order valence-corrected chi connectivity index (χ0v) is 11.4. The topological polar surface area (TPSA) is 26.3 Å². The van der Waals surface area contributed by atoms with Gasteiger partial charge in [-0.25, -0.2) is 0 Å². The first-order chi connectivity index (χ1) is 7.09. The molecule has 0 aromatic heterocycles. The van der Waals surface area contributed by atoms with Crippen LogP contribution in [0.1, 0.15) is 18.6 Å². The number of carbonyl (C=O) groups excluding carboxylic acids is 1. The van der Waals surface area contributed by atoms with Gasteiger partial charge in [0.15, 0.2) is 0 Å². The summed E-state index contributed by atoms with van der Waals surface area (Å²) < 4.78 is 6.35. The molecule has 79 valence electrons. The number of rotatable bonds is 1. The number of ether oxygens (including phenoxy) is 1. The Labute approximate surface area is 105 Å². The van der Waals surface area contributed by atoms with Gasteiger partial charge in [0, 0.05) is 0 Å². The Balaban J connectivity index is 2.25. The van der Waals surface area contributed by atoms with Gasteiger partial charge in [-0.05, 0) is 0 Å². The molecule has 15 heavy (non-hydrogen) atoms. The molecule has 1 heterocycles. The van der Waals surface area contributed by atoms with Crippen LogP contribution in [0.3, 0.4) is 0 Å². The van der Waals surface area contributed by atoms with Crippen LogP contribution in [0.25, 0.3) is 0 Å². The summed E-state index contributed by atoms with van der Waals surface area (Å²) in [6, 6.07) is 7.87. The van der Waals surface area contributed by atoms with Gasteiger partial charge in [0.1, 0.15) is 0 Å². The Hall–Kier alpha value is -0.311. The van der Waals surface area contributed by atoms with E-state index in [-0.39, 0.29) is 22.8 Å². The van der Waals surface area contributed by atoms with Crippen molar-refractivity contribution in [1.82, 2.24) is 0 Å². The minimum atomic E-state index is -0.138. The van der Waals surface area contributed by atoms with Crippen LogP contribution >= 0.6 is 15.9 Å². The SMILES string of the molecule is CC1C(=O)OC(c2ccc(Br)cc2)C1[Se]. The molecular formula is C11H10BrO2Se. The molecule has 1 aromatic carbocycles. The second kappa shape index (κ2) is 4.28. The van der Waals surface area contributed by atoms with E-state index in [4.69, 9.17) is 4.74 Å². The van der Waals surface area contributed by atoms with Crippen molar-refractivity contribution in [1.29, 1.82) is 0 Å². The molecule has 1 aliphatic heterocycles. The molecule has 1 fully saturated rings. The molecule has 1 aliphatic rings. The molecule has 1 saturated heterocycles. The van der Waals surface area contributed by atoms with E-state index in [1.807, 2.05) is 31.2 Å². The van der Waals surface area contributed by atoms with E-state index in [2.05, 4.69) is 31.9 Å². The average molecular weight is 333 g/mol. The maximum absolute atomic E-state index is 11.4. The molecule has 0 bridgehead atoms. The predicted octanol–water partition coefficient (Wildman–Crippen LogP) is 2.64. The molecular weight excluding hydrogens is 323 g/mol. The quantitative estimate of drug-likeness (QED) is 0.583. The van der Waals surface area contributed by atoms with E-state index < -0.39 is 0 Å². The van der Waals surface area contributed by atoms with Gasteiger partial charge in [-0.15, -0.1) is 0 Å². The Bertz CT molecular complexity index is 377. The van der Waals surface area contributed by atoms with Crippen LogP contribution in [-0.2, 0) is 9.53 Å². The Kier molecular flexibility index (Phi) is 3.19. The van der Waals surface area contributed by atoms with Crippen LogP contribution in [0, 0.1) is 5.92 Å². The van der Waals surface area contributed by atoms with Crippen molar-refractivity contribution in [2.24, 2.45) is 5.92 Å². The normalized spacial score (nSPS) is 30.3. The van der Waals surface area contributed by atoms with Crippen molar-refractivity contribution in [2.45, 2.75) is 17.8 Å². The zero-order valence-electron chi connectivity index (χ0n) is 8.14. The number of carbonyl (C=O) groups is 1. The average Bonchev–Trinajstić information content (AvgIpc) is 2.47. The molecule has 0 N–H and O–H groups in total. The fourth-order valence-electron chi connectivity index (χ4n) is 1.61. The molecule has 3 unspecified atom stereocenters. The van der Waals surface area contributed by atoms with Crippen molar-refractivity contribution in [3.63, 3.8) is 0 Å². The molecule has 0 spiro atoms. The van der Waals surface area contributed by atoms with E-state index >= 15 is 0 Å². The van der Waals surface area contributed by atoms with Crippen molar-refractivity contribution < 1.29 is 9.53 Å². The number of hydrogen-bond acceptors (Lipinski definition) is 2. The summed E-state index contributed by atoms with van der Waals surface area (Å²) in [5.41, 5.74) is 1.04. The summed E-state index contributed by atoms with van der Waals surface area (Å²) in [6.07, 6.45) is -0.138. The fourth-order valence-corrected chi connectivity index (χ4v) is 2.55. The summed E-state index contributed by atoms with van der Waals surface area (Å²) >= 11 is 6.40.